The van der Waals surface area contributed by atoms with Gasteiger partial charge in [-0.05, 0) is 31.4 Å². The minimum absolute atomic E-state index is 0.142. The Kier molecular flexibility index (Phi) is 4.63. The van der Waals surface area contributed by atoms with Gasteiger partial charge in [0.25, 0.3) is 0 Å². The lowest BCUT2D eigenvalue weighted by atomic mass is 9.85. The Balaban J connectivity index is 2.05. The number of hydrogen-bond acceptors (Lipinski definition) is 2. The maximum Gasteiger partial charge on any atom is 0.0672 e. The normalized spacial score (nSPS) is 25.4. The van der Waals surface area contributed by atoms with Crippen LogP contribution >= 0.6 is 11.6 Å². The number of rotatable bonds is 3. The van der Waals surface area contributed by atoms with Gasteiger partial charge in [-0.2, -0.15) is 5.26 Å². The highest BCUT2D eigenvalue weighted by atomic mass is 35.5. The lowest BCUT2D eigenvalue weighted by Crippen LogP contribution is -2.39. The quantitative estimate of drug-likeness (QED) is 0.891. The zero-order valence-electron chi connectivity index (χ0n) is 10.7. The van der Waals surface area contributed by atoms with Crippen LogP contribution in [0.1, 0.15) is 44.2 Å². The highest BCUT2D eigenvalue weighted by Crippen LogP contribution is 2.28. The maximum absolute atomic E-state index is 9.18. The summed E-state index contributed by atoms with van der Waals surface area (Å²) < 4.78 is 0. The predicted molar refractivity (Wildman–Crippen MR) is 74.4 cm³/mol. The van der Waals surface area contributed by atoms with Crippen LogP contribution in [0.3, 0.4) is 0 Å². The van der Waals surface area contributed by atoms with Crippen LogP contribution in [-0.4, -0.2) is 6.04 Å². The average Bonchev–Trinajstić information content (AvgIpc) is 2.39. The van der Waals surface area contributed by atoms with Crippen molar-refractivity contribution in [2.24, 2.45) is 5.92 Å². The van der Waals surface area contributed by atoms with Gasteiger partial charge in [-0.15, -0.1) is 0 Å². The third-order valence-corrected chi connectivity index (χ3v) is 4.11. The Morgan fingerprint density at radius 1 is 1.33 bits per heavy atom. The zero-order chi connectivity index (χ0) is 13.0. The molecule has 0 radical (unpaired) electrons. The van der Waals surface area contributed by atoms with E-state index in [9.17, 15) is 5.26 Å². The van der Waals surface area contributed by atoms with Gasteiger partial charge < -0.3 is 5.32 Å². The Bertz CT molecular complexity index is 438. The molecular formula is C15H19ClN2. The molecule has 0 spiro atoms. The van der Waals surface area contributed by atoms with E-state index in [0.29, 0.717) is 6.04 Å². The summed E-state index contributed by atoms with van der Waals surface area (Å²) in [6.07, 6.45) is 4.50. The first-order chi connectivity index (χ1) is 8.72. The Labute approximate surface area is 114 Å². The molecule has 0 bridgehead atoms. The van der Waals surface area contributed by atoms with E-state index < -0.39 is 0 Å². The lowest BCUT2D eigenvalue weighted by molar-refractivity contribution is 0.292. The van der Waals surface area contributed by atoms with E-state index in [2.05, 4.69) is 18.3 Å². The third-order valence-electron chi connectivity index (χ3n) is 3.77. The molecule has 1 aliphatic carbocycles. The van der Waals surface area contributed by atoms with Crippen LogP contribution in [-0.2, 0) is 0 Å². The summed E-state index contributed by atoms with van der Waals surface area (Å²) in [5, 5.41) is 13.5. The second kappa shape index (κ2) is 6.22. The van der Waals surface area contributed by atoms with Crippen molar-refractivity contribution in [1.29, 1.82) is 5.26 Å². The van der Waals surface area contributed by atoms with Crippen molar-refractivity contribution in [1.82, 2.24) is 5.32 Å². The van der Waals surface area contributed by atoms with Crippen LogP contribution in [0.15, 0.2) is 24.3 Å². The van der Waals surface area contributed by atoms with Crippen molar-refractivity contribution in [3.05, 3.63) is 34.9 Å². The summed E-state index contributed by atoms with van der Waals surface area (Å²) in [5.41, 5.74) is 1.11. The third kappa shape index (κ3) is 3.04. The smallest absolute Gasteiger partial charge is 0.0672 e. The Morgan fingerprint density at radius 3 is 2.78 bits per heavy atom. The van der Waals surface area contributed by atoms with E-state index in [-0.39, 0.29) is 12.0 Å². The molecule has 3 atom stereocenters. The fourth-order valence-electron chi connectivity index (χ4n) is 2.72. The number of halogens is 1. The van der Waals surface area contributed by atoms with Crippen LogP contribution < -0.4 is 5.32 Å². The van der Waals surface area contributed by atoms with Gasteiger partial charge in [0.2, 0.25) is 0 Å². The van der Waals surface area contributed by atoms with E-state index in [1.54, 1.807) is 0 Å². The average molecular weight is 263 g/mol. The molecule has 96 valence electrons. The van der Waals surface area contributed by atoms with E-state index >= 15 is 0 Å². The first-order valence-electron chi connectivity index (χ1n) is 6.62. The fourth-order valence-corrected chi connectivity index (χ4v) is 3.02. The van der Waals surface area contributed by atoms with E-state index in [0.717, 1.165) is 23.4 Å². The monoisotopic (exact) mass is 262 g/mol. The number of benzene rings is 1. The van der Waals surface area contributed by atoms with Crippen LogP contribution in [0.4, 0.5) is 0 Å². The van der Waals surface area contributed by atoms with Crippen LogP contribution in [0, 0.1) is 17.2 Å². The van der Waals surface area contributed by atoms with Gasteiger partial charge in [0.1, 0.15) is 0 Å². The molecule has 1 aromatic rings. The molecule has 1 aliphatic rings. The molecule has 2 rings (SSSR count). The molecule has 0 heterocycles. The number of nitrogens with zero attached hydrogens (tertiary/aromatic N) is 1. The molecule has 3 heteroatoms. The van der Waals surface area contributed by atoms with Crippen molar-refractivity contribution in [3.8, 4) is 6.07 Å². The van der Waals surface area contributed by atoms with Crippen molar-refractivity contribution in [2.45, 2.75) is 44.7 Å². The van der Waals surface area contributed by atoms with Gasteiger partial charge in [-0.1, -0.05) is 42.6 Å². The van der Waals surface area contributed by atoms with E-state index in [1.807, 2.05) is 24.3 Å². The van der Waals surface area contributed by atoms with E-state index in [4.69, 9.17) is 11.6 Å². The van der Waals surface area contributed by atoms with Gasteiger partial charge in [-0.25, -0.2) is 0 Å². The number of nitrogens with one attached hydrogen (secondary N) is 1. The van der Waals surface area contributed by atoms with Crippen LogP contribution in [0.2, 0.25) is 5.02 Å². The van der Waals surface area contributed by atoms with Crippen LogP contribution in [0.25, 0.3) is 0 Å². The standard InChI is InChI=1S/C15H19ClN2/c1-11(13-7-3-4-8-14(13)16)18-15-9-5-2-6-12(15)10-17/h3-4,7-8,11-12,15,18H,2,5-6,9H2,1H3/t11-,12?,15?/m0/s1. The molecule has 1 N–H and O–H groups in total. The van der Waals surface area contributed by atoms with Gasteiger partial charge in [0.05, 0.1) is 12.0 Å². The number of nitriles is 1. The van der Waals surface area contributed by atoms with Gasteiger partial charge in [-0.3, -0.25) is 0 Å². The first-order valence-corrected chi connectivity index (χ1v) is 7.00. The highest BCUT2D eigenvalue weighted by molar-refractivity contribution is 6.31. The molecule has 0 amide bonds. The second-order valence-electron chi connectivity index (χ2n) is 5.04. The Morgan fingerprint density at radius 2 is 2.06 bits per heavy atom. The molecular weight excluding hydrogens is 244 g/mol. The summed E-state index contributed by atoms with van der Waals surface area (Å²) in [7, 11) is 0. The highest BCUT2D eigenvalue weighted by Gasteiger charge is 2.26. The summed E-state index contributed by atoms with van der Waals surface area (Å²) in [4.78, 5) is 0. The van der Waals surface area contributed by atoms with Gasteiger partial charge in [0.15, 0.2) is 0 Å². The SMILES string of the molecule is C[C@H](NC1CCCCC1C#N)c1ccccc1Cl. The molecule has 1 fully saturated rings. The predicted octanol–water partition coefficient (Wildman–Crippen LogP) is 4.07. The molecule has 0 aliphatic heterocycles. The van der Waals surface area contributed by atoms with Crippen molar-refractivity contribution in [2.75, 3.05) is 0 Å². The van der Waals surface area contributed by atoms with E-state index in [1.165, 1.54) is 12.8 Å². The van der Waals surface area contributed by atoms with Crippen molar-refractivity contribution in [3.63, 3.8) is 0 Å². The zero-order valence-corrected chi connectivity index (χ0v) is 11.5. The van der Waals surface area contributed by atoms with Crippen molar-refractivity contribution >= 4 is 11.6 Å². The first kappa shape index (κ1) is 13.4. The molecule has 1 aromatic carbocycles. The fraction of sp³-hybridized carbons (Fsp3) is 0.533. The van der Waals surface area contributed by atoms with Gasteiger partial charge in [0, 0.05) is 17.1 Å². The lowest BCUT2D eigenvalue weighted by Gasteiger charge is -2.30. The molecule has 2 nitrogen and oxygen atoms in total. The molecule has 2 unspecified atom stereocenters. The minimum atomic E-state index is 0.142. The minimum Gasteiger partial charge on any atom is -0.306 e. The van der Waals surface area contributed by atoms with Gasteiger partial charge >= 0.3 is 0 Å². The molecule has 0 aromatic heterocycles. The molecule has 1 saturated carbocycles. The molecule has 18 heavy (non-hydrogen) atoms. The summed E-state index contributed by atoms with van der Waals surface area (Å²) in [6.45, 7) is 2.12. The summed E-state index contributed by atoms with van der Waals surface area (Å²) in [5.74, 6) is 0.142. The molecule has 0 saturated heterocycles. The summed E-state index contributed by atoms with van der Waals surface area (Å²) >= 11 is 6.20. The second-order valence-corrected chi connectivity index (χ2v) is 5.44. The summed E-state index contributed by atoms with van der Waals surface area (Å²) in [6, 6.07) is 10.8. The Hall–Kier alpha value is -1.04. The van der Waals surface area contributed by atoms with Crippen LogP contribution in [0.5, 0.6) is 0 Å². The number of hydrogen-bond donors (Lipinski definition) is 1. The maximum atomic E-state index is 9.18. The largest absolute Gasteiger partial charge is 0.306 e. The topological polar surface area (TPSA) is 35.8 Å². The van der Waals surface area contributed by atoms with Crippen molar-refractivity contribution < 1.29 is 0 Å².